The smallest absolute Gasteiger partial charge is 0.125 e. The van der Waals surface area contributed by atoms with E-state index in [9.17, 15) is 0 Å². The molecule has 3 N–H and O–H groups in total. The van der Waals surface area contributed by atoms with E-state index in [0.717, 1.165) is 15.8 Å². The SMILES string of the molecule is Cc1cc(Nc2ccnc(N)c2)cc(C)c1Br. The van der Waals surface area contributed by atoms with E-state index in [4.69, 9.17) is 5.73 Å². The summed E-state index contributed by atoms with van der Waals surface area (Å²) >= 11 is 3.55. The molecule has 0 saturated heterocycles. The minimum atomic E-state index is 0.514. The van der Waals surface area contributed by atoms with Gasteiger partial charge in [-0.3, -0.25) is 0 Å². The highest BCUT2D eigenvalue weighted by molar-refractivity contribution is 9.10. The van der Waals surface area contributed by atoms with Crippen LogP contribution in [0.3, 0.4) is 0 Å². The lowest BCUT2D eigenvalue weighted by Crippen LogP contribution is -1.95. The van der Waals surface area contributed by atoms with Gasteiger partial charge >= 0.3 is 0 Å². The van der Waals surface area contributed by atoms with Crippen molar-refractivity contribution >= 4 is 33.1 Å². The van der Waals surface area contributed by atoms with Crippen LogP contribution in [0.5, 0.6) is 0 Å². The normalized spacial score (nSPS) is 10.3. The van der Waals surface area contributed by atoms with Gasteiger partial charge < -0.3 is 11.1 Å². The van der Waals surface area contributed by atoms with E-state index in [2.05, 4.69) is 52.2 Å². The molecule has 88 valence electrons. The monoisotopic (exact) mass is 291 g/mol. The first kappa shape index (κ1) is 11.9. The first-order valence-corrected chi connectivity index (χ1v) is 6.11. The van der Waals surface area contributed by atoms with Crippen LogP contribution in [0.2, 0.25) is 0 Å². The van der Waals surface area contributed by atoms with Crippen molar-refractivity contribution in [1.82, 2.24) is 4.98 Å². The zero-order valence-electron chi connectivity index (χ0n) is 9.79. The fourth-order valence-electron chi connectivity index (χ4n) is 1.71. The number of anilines is 3. The Bertz CT molecular complexity index is 529. The lowest BCUT2D eigenvalue weighted by molar-refractivity contribution is 1.31. The van der Waals surface area contributed by atoms with E-state index in [1.807, 2.05) is 12.1 Å². The van der Waals surface area contributed by atoms with E-state index in [-0.39, 0.29) is 0 Å². The highest BCUT2D eigenvalue weighted by atomic mass is 79.9. The van der Waals surface area contributed by atoms with Gasteiger partial charge in [0.05, 0.1) is 0 Å². The summed E-state index contributed by atoms with van der Waals surface area (Å²) in [7, 11) is 0. The number of aromatic nitrogens is 1. The fraction of sp³-hybridized carbons (Fsp3) is 0.154. The van der Waals surface area contributed by atoms with Crippen molar-refractivity contribution in [3.63, 3.8) is 0 Å². The molecule has 0 aliphatic rings. The van der Waals surface area contributed by atoms with Crippen LogP contribution in [0.25, 0.3) is 0 Å². The molecule has 0 bridgehead atoms. The van der Waals surface area contributed by atoms with Crippen molar-refractivity contribution in [2.75, 3.05) is 11.1 Å². The minimum Gasteiger partial charge on any atom is -0.384 e. The second-order valence-electron chi connectivity index (χ2n) is 4.02. The standard InChI is InChI=1S/C13H14BrN3/c1-8-5-11(6-9(2)13(8)14)17-10-3-4-16-12(15)7-10/h3-7H,1-2H3,(H3,15,16,17). The summed E-state index contributed by atoms with van der Waals surface area (Å²) < 4.78 is 1.15. The molecule has 17 heavy (non-hydrogen) atoms. The Balaban J connectivity index is 2.31. The van der Waals surface area contributed by atoms with Crippen molar-refractivity contribution in [3.05, 3.63) is 46.1 Å². The van der Waals surface area contributed by atoms with Crippen molar-refractivity contribution < 1.29 is 0 Å². The molecule has 2 rings (SSSR count). The molecule has 0 aliphatic carbocycles. The highest BCUT2D eigenvalue weighted by Crippen LogP contribution is 2.27. The van der Waals surface area contributed by atoms with Gasteiger partial charge in [-0.15, -0.1) is 0 Å². The molecule has 3 nitrogen and oxygen atoms in total. The second-order valence-corrected chi connectivity index (χ2v) is 4.81. The summed E-state index contributed by atoms with van der Waals surface area (Å²) in [6.07, 6.45) is 1.69. The molecule has 0 unspecified atom stereocenters. The predicted molar refractivity (Wildman–Crippen MR) is 75.5 cm³/mol. The first-order valence-electron chi connectivity index (χ1n) is 5.31. The van der Waals surface area contributed by atoms with Gasteiger partial charge in [0, 0.05) is 28.1 Å². The molecule has 0 radical (unpaired) electrons. The predicted octanol–water partition coefficient (Wildman–Crippen LogP) is 3.79. The number of benzene rings is 1. The number of rotatable bonds is 2. The van der Waals surface area contributed by atoms with Crippen LogP contribution in [0.15, 0.2) is 34.9 Å². The van der Waals surface area contributed by atoms with Gasteiger partial charge in [-0.2, -0.15) is 0 Å². The van der Waals surface area contributed by atoms with E-state index < -0.39 is 0 Å². The van der Waals surface area contributed by atoms with E-state index in [1.54, 1.807) is 6.20 Å². The van der Waals surface area contributed by atoms with Gasteiger partial charge in [-0.05, 0) is 43.2 Å². The molecule has 1 aromatic carbocycles. The molecule has 1 heterocycles. The molecule has 0 atom stereocenters. The van der Waals surface area contributed by atoms with E-state index in [1.165, 1.54) is 11.1 Å². The Hall–Kier alpha value is -1.55. The number of halogens is 1. The number of nitrogens with one attached hydrogen (secondary N) is 1. The summed E-state index contributed by atoms with van der Waals surface area (Å²) in [5, 5.41) is 3.31. The van der Waals surface area contributed by atoms with Crippen LogP contribution in [0.1, 0.15) is 11.1 Å². The molecule has 4 heteroatoms. The lowest BCUT2D eigenvalue weighted by atomic mass is 10.1. The van der Waals surface area contributed by atoms with Crippen LogP contribution in [-0.2, 0) is 0 Å². The maximum Gasteiger partial charge on any atom is 0.125 e. The van der Waals surface area contributed by atoms with Crippen molar-refractivity contribution in [2.45, 2.75) is 13.8 Å². The third kappa shape index (κ3) is 2.77. The average Bonchev–Trinajstić information content (AvgIpc) is 2.26. The van der Waals surface area contributed by atoms with Crippen molar-refractivity contribution in [2.24, 2.45) is 0 Å². The van der Waals surface area contributed by atoms with E-state index in [0.29, 0.717) is 5.82 Å². The number of pyridine rings is 1. The maximum atomic E-state index is 5.64. The summed E-state index contributed by atoms with van der Waals surface area (Å²) in [5.41, 5.74) is 10.0. The topological polar surface area (TPSA) is 50.9 Å². The lowest BCUT2D eigenvalue weighted by Gasteiger charge is -2.10. The number of hydrogen-bond donors (Lipinski definition) is 2. The molecule has 0 saturated carbocycles. The van der Waals surface area contributed by atoms with Crippen LogP contribution < -0.4 is 11.1 Å². The molecule has 0 spiro atoms. The Morgan fingerprint density at radius 1 is 1.12 bits per heavy atom. The third-order valence-corrected chi connectivity index (χ3v) is 3.76. The highest BCUT2D eigenvalue weighted by Gasteiger charge is 2.02. The fourth-order valence-corrected chi connectivity index (χ4v) is 1.94. The van der Waals surface area contributed by atoms with Gasteiger partial charge in [-0.25, -0.2) is 4.98 Å². The van der Waals surface area contributed by atoms with Gasteiger partial charge in [0.2, 0.25) is 0 Å². The molecular formula is C13H14BrN3. The average molecular weight is 292 g/mol. The van der Waals surface area contributed by atoms with Gasteiger partial charge in [0.15, 0.2) is 0 Å². The number of nitrogens with two attached hydrogens (primary N) is 1. The van der Waals surface area contributed by atoms with E-state index >= 15 is 0 Å². The summed E-state index contributed by atoms with van der Waals surface area (Å²) in [5.74, 6) is 0.514. The molecule has 0 aliphatic heterocycles. The number of nitrogens with zero attached hydrogens (tertiary/aromatic N) is 1. The minimum absolute atomic E-state index is 0.514. The number of aryl methyl sites for hydroxylation is 2. The molecule has 0 fully saturated rings. The van der Waals surface area contributed by atoms with Crippen LogP contribution in [0, 0.1) is 13.8 Å². The summed E-state index contributed by atoms with van der Waals surface area (Å²) in [6.45, 7) is 4.15. The molecule has 2 aromatic rings. The third-order valence-electron chi connectivity index (χ3n) is 2.51. The quantitative estimate of drug-likeness (QED) is 0.885. The Labute approximate surface area is 109 Å². The number of nitrogen functional groups attached to an aromatic ring is 1. The molecule has 1 aromatic heterocycles. The zero-order valence-corrected chi connectivity index (χ0v) is 11.4. The Morgan fingerprint density at radius 3 is 2.35 bits per heavy atom. The largest absolute Gasteiger partial charge is 0.384 e. The van der Waals surface area contributed by atoms with Crippen LogP contribution >= 0.6 is 15.9 Å². The summed E-state index contributed by atoms with van der Waals surface area (Å²) in [6, 6.07) is 7.89. The first-order chi connectivity index (χ1) is 8.06. The second kappa shape index (κ2) is 4.75. The van der Waals surface area contributed by atoms with Crippen molar-refractivity contribution in [3.8, 4) is 0 Å². The molecule has 0 amide bonds. The van der Waals surface area contributed by atoms with Crippen molar-refractivity contribution in [1.29, 1.82) is 0 Å². The van der Waals surface area contributed by atoms with Gasteiger partial charge in [-0.1, -0.05) is 15.9 Å². The van der Waals surface area contributed by atoms with Gasteiger partial charge in [0.1, 0.15) is 5.82 Å². The van der Waals surface area contributed by atoms with Crippen LogP contribution in [-0.4, -0.2) is 4.98 Å². The Morgan fingerprint density at radius 2 is 1.76 bits per heavy atom. The molecular weight excluding hydrogens is 278 g/mol. The number of hydrogen-bond acceptors (Lipinski definition) is 3. The maximum absolute atomic E-state index is 5.64. The Kier molecular flexibility index (Phi) is 3.33. The zero-order chi connectivity index (χ0) is 12.4. The summed E-state index contributed by atoms with van der Waals surface area (Å²) in [4.78, 5) is 3.96. The van der Waals surface area contributed by atoms with Crippen LogP contribution in [0.4, 0.5) is 17.2 Å². The van der Waals surface area contributed by atoms with Gasteiger partial charge in [0.25, 0.3) is 0 Å².